The molecule has 0 radical (unpaired) electrons. The molecule has 0 unspecified atom stereocenters. The monoisotopic (exact) mass is 254 g/mol. The Kier molecular flexibility index (Phi) is 5.41. The van der Waals surface area contributed by atoms with E-state index in [9.17, 15) is 4.79 Å². The molecule has 0 spiro atoms. The van der Waals surface area contributed by atoms with Crippen molar-refractivity contribution in [2.45, 2.75) is 6.29 Å². The van der Waals surface area contributed by atoms with Crippen molar-refractivity contribution in [1.29, 1.82) is 0 Å². The molecule has 3 N–H and O–H groups in total. The minimum absolute atomic E-state index is 0.382. The Morgan fingerprint density at radius 1 is 1.33 bits per heavy atom. The predicted molar refractivity (Wildman–Crippen MR) is 67.8 cm³/mol. The number of benzene rings is 1. The third kappa shape index (κ3) is 3.61. The molecule has 0 bridgehead atoms. The second kappa shape index (κ2) is 6.83. The maximum Gasteiger partial charge on any atom is 0.248 e. The van der Waals surface area contributed by atoms with Crippen LogP contribution >= 0.6 is 0 Å². The van der Waals surface area contributed by atoms with Gasteiger partial charge < -0.3 is 25.3 Å². The van der Waals surface area contributed by atoms with Gasteiger partial charge in [0.25, 0.3) is 0 Å². The lowest BCUT2D eigenvalue weighted by Crippen LogP contribution is -2.24. The molecule has 1 aromatic rings. The summed E-state index contributed by atoms with van der Waals surface area (Å²) < 4.78 is 15.3. The molecule has 0 saturated heterocycles. The van der Waals surface area contributed by atoms with Gasteiger partial charge in [-0.15, -0.1) is 0 Å². The Labute approximate surface area is 106 Å². The number of ether oxygens (including phenoxy) is 3. The molecule has 0 aliphatic heterocycles. The van der Waals surface area contributed by atoms with Crippen molar-refractivity contribution in [1.82, 2.24) is 0 Å². The van der Waals surface area contributed by atoms with Crippen LogP contribution < -0.4 is 15.8 Å². The largest absolute Gasteiger partial charge is 0.495 e. The van der Waals surface area contributed by atoms with Crippen LogP contribution in [0.3, 0.4) is 0 Å². The van der Waals surface area contributed by atoms with Crippen LogP contribution in [0, 0.1) is 0 Å². The van der Waals surface area contributed by atoms with Crippen LogP contribution in [0.25, 0.3) is 0 Å². The zero-order chi connectivity index (χ0) is 13.5. The van der Waals surface area contributed by atoms with Crippen molar-refractivity contribution >= 4 is 11.6 Å². The van der Waals surface area contributed by atoms with Gasteiger partial charge in [-0.05, 0) is 18.2 Å². The fourth-order valence-corrected chi connectivity index (χ4v) is 1.46. The van der Waals surface area contributed by atoms with Crippen molar-refractivity contribution in [2.75, 3.05) is 33.2 Å². The fraction of sp³-hybridized carbons (Fsp3) is 0.417. The highest BCUT2D eigenvalue weighted by Crippen LogP contribution is 2.25. The summed E-state index contributed by atoms with van der Waals surface area (Å²) in [5.74, 6) is 0.127. The van der Waals surface area contributed by atoms with E-state index in [1.165, 1.54) is 0 Å². The summed E-state index contributed by atoms with van der Waals surface area (Å²) in [6, 6.07) is 4.91. The third-order valence-electron chi connectivity index (χ3n) is 2.47. The first-order valence-electron chi connectivity index (χ1n) is 5.39. The summed E-state index contributed by atoms with van der Waals surface area (Å²) in [5, 5.41) is 3.08. The fourth-order valence-electron chi connectivity index (χ4n) is 1.46. The Morgan fingerprint density at radius 2 is 2.00 bits per heavy atom. The maximum atomic E-state index is 11.1. The van der Waals surface area contributed by atoms with Crippen LogP contribution in [-0.2, 0) is 9.47 Å². The molecule has 6 heteroatoms. The summed E-state index contributed by atoms with van der Waals surface area (Å²) in [6.07, 6.45) is -0.382. The lowest BCUT2D eigenvalue weighted by molar-refractivity contribution is -0.0914. The van der Waals surface area contributed by atoms with Crippen LogP contribution in [-0.4, -0.2) is 40.1 Å². The van der Waals surface area contributed by atoms with Crippen LogP contribution in [0.4, 0.5) is 5.69 Å². The lowest BCUT2D eigenvalue weighted by Gasteiger charge is -2.17. The number of methoxy groups -OCH3 is 3. The SMILES string of the molecule is COc1ccc(C(N)=O)cc1NCC(OC)OC. The van der Waals surface area contributed by atoms with Crippen molar-refractivity contribution in [2.24, 2.45) is 5.73 Å². The quantitative estimate of drug-likeness (QED) is 0.704. The van der Waals surface area contributed by atoms with Gasteiger partial charge in [-0.3, -0.25) is 4.79 Å². The van der Waals surface area contributed by atoms with Crippen molar-refractivity contribution in [3.63, 3.8) is 0 Å². The second-order valence-electron chi connectivity index (χ2n) is 3.56. The Bertz CT molecular complexity index is 405. The highest BCUT2D eigenvalue weighted by molar-refractivity contribution is 5.94. The Hall–Kier alpha value is -1.79. The number of anilines is 1. The number of amides is 1. The van der Waals surface area contributed by atoms with Gasteiger partial charge in [-0.2, -0.15) is 0 Å². The number of hydrogen-bond acceptors (Lipinski definition) is 5. The predicted octanol–water partition coefficient (Wildman–Crippen LogP) is 0.825. The van der Waals surface area contributed by atoms with Crippen LogP contribution in [0.1, 0.15) is 10.4 Å². The van der Waals surface area contributed by atoms with Gasteiger partial charge in [0.1, 0.15) is 5.75 Å². The normalized spacial score (nSPS) is 10.4. The highest BCUT2D eigenvalue weighted by atomic mass is 16.7. The van der Waals surface area contributed by atoms with Crippen molar-refractivity contribution < 1.29 is 19.0 Å². The zero-order valence-electron chi connectivity index (χ0n) is 10.7. The molecule has 0 aromatic heterocycles. The van der Waals surface area contributed by atoms with Gasteiger partial charge in [0, 0.05) is 19.8 Å². The highest BCUT2D eigenvalue weighted by Gasteiger charge is 2.10. The van der Waals surface area contributed by atoms with Gasteiger partial charge >= 0.3 is 0 Å². The van der Waals surface area contributed by atoms with E-state index >= 15 is 0 Å². The van der Waals surface area contributed by atoms with E-state index in [-0.39, 0.29) is 6.29 Å². The molecule has 0 heterocycles. The van der Waals surface area contributed by atoms with Crippen LogP contribution in [0.15, 0.2) is 18.2 Å². The smallest absolute Gasteiger partial charge is 0.248 e. The molecule has 100 valence electrons. The van der Waals surface area contributed by atoms with Gasteiger partial charge in [0.15, 0.2) is 6.29 Å². The molecule has 0 fully saturated rings. The second-order valence-corrected chi connectivity index (χ2v) is 3.56. The molecule has 6 nitrogen and oxygen atoms in total. The van der Waals surface area contributed by atoms with Gasteiger partial charge in [0.2, 0.25) is 5.91 Å². The number of hydrogen-bond donors (Lipinski definition) is 2. The van der Waals surface area contributed by atoms with E-state index in [2.05, 4.69) is 5.32 Å². The van der Waals surface area contributed by atoms with E-state index < -0.39 is 5.91 Å². The van der Waals surface area contributed by atoms with Crippen molar-refractivity contribution in [3.05, 3.63) is 23.8 Å². The van der Waals surface area contributed by atoms with Crippen molar-refractivity contribution in [3.8, 4) is 5.75 Å². The Morgan fingerprint density at radius 3 is 2.50 bits per heavy atom. The molecule has 1 amide bonds. The number of carbonyl (C=O) groups is 1. The number of carbonyl (C=O) groups excluding carboxylic acids is 1. The van der Waals surface area contributed by atoms with E-state index in [4.69, 9.17) is 19.9 Å². The van der Waals surface area contributed by atoms with Gasteiger partial charge in [0.05, 0.1) is 19.3 Å². The summed E-state index contributed by atoms with van der Waals surface area (Å²) in [5.41, 5.74) is 6.29. The number of nitrogens with one attached hydrogen (secondary N) is 1. The molecule has 1 rings (SSSR count). The molecule has 0 aliphatic rings. The third-order valence-corrected chi connectivity index (χ3v) is 2.47. The summed E-state index contributed by atoms with van der Waals surface area (Å²) in [4.78, 5) is 11.1. The standard InChI is InChI=1S/C12H18N2O4/c1-16-10-5-4-8(12(13)15)6-9(10)14-7-11(17-2)18-3/h4-6,11,14H,7H2,1-3H3,(H2,13,15). The molecule has 0 saturated carbocycles. The number of nitrogens with two attached hydrogens (primary N) is 1. The molecular weight excluding hydrogens is 236 g/mol. The van der Waals surface area contributed by atoms with Crippen LogP contribution in [0.2, 0.25) is 0 Å². The first kappa shape index (κ1) is 14.3. The maximum absolute atomic E-state index is 11.1. The average molecular weight is 254 g/mol. The van der Waals surface area contributed by atoms with Gasteiger partial charge in [-0.25, -0.2) is 0 Å². The minimum Gasteiger partial charge on any atom is -0.495 e. The summed E-state index contributed by atoms with van der Waals surface area (Å²) >= 11 is 0. The topological polar surface area (TPSA) is 82.8 Å². The number of primary amides is 1. The number of rotatable bonds is 7. The zero-order valence-corrected chi connectivity index (χ0v) is 10.7. The molecule has 1 aromatic carbocycles. The molecule has 0 aliphatic carbocycles. The van der Waals surface area contributed by atoms with E-state index in [1.807, 2.05) is 0 Å². The average Bonchev–Trinajstić information content (AvgIpc) is 2.39. The van der Waals surface area contributed by atoms with Crippen LogP contribution in [0.5, 0.6) is 5.75 Å². The van der Waals surface area contributed by atoms with E-state index in [1.54, 1.807) is 39.5 Å². The molecule has 0 atom stereocenters. The van der Waals surface area contributed by atoms with E-state index in [0.29, 0.717) is 23.5 Å². The van der Waals surface area contributed by atoms with Gasteiger partial charge in [-0.1, -0.05) is 0 Å². The molecule has 18 heavy (non-hydrogen) atoms. The van der Waals surface area contributed by atoms with E-state index in [0.717, 1.165) is 0 Å². The summed E-state index contributed by atoms with van der Waals surface area (Å²) in [6.45, 7) is 0.422. The first-order chi connectivity index (χ1) is 8.62. The Balaban J connectivity index is 2.84. The summed E-state index contributed by atoms with van der Waals surface area (Å²) in [7, 11) is 4.65. The molecular formula is C12H18N2O4. The lowest BCUT2D eigenvalue weighted by atomic mass is 10.1. The minimum atomic E-state index is -0.490. The first-order valence-corrected chi connectivity index (χ1v) is 5.39.